The largest absolute Gasteiger partial charge is 0.497 e. The Balaban J connectivity index is 1.58. The maximum absolute atomic E-state index is 12.7. The van der Waals surface area contributed by atoms with E-state index in [2.05, 4.69) is 10.6 Å². The van der Waals surface area contributed by atoms with Crippen LogP contribution in [0.15, 0.2) is 36.4 Å². The van der Waals surface area contributed by atoms with Crippen molar-refractivity contribution in [2.75, 3.05) is 32.9 Å². The Morgan fingerprint density at radius 1 is 0.970 bits per heavy atom. The average molecular weight is 458 g/mol. The first-order chi connectivity index (χ1) is 15.8. The van der Waals surface area contributed by atoms with Gasteiger partial charge in [0.05, 0.1) is 14.2 Å². The predicted octanol–water partition coefficient (Wildman–Crippen LogP) is 2.37. The van der Waals surface area contributed by atoms with Gasteiger partial charge >= 0.3 is 5.97 Å². The predicted molar refractivity (Wildman–Crippen MR) is 118 cm³/mol. The number of rotatable bonds is 9. The van der Waals surface area contributed by atoms with Crippen LogP contribution in [-0.4, -0.2) is 51.4 Å². The number of esters is 1. The monoisotopic (exact) mass is 458 g/mol. The van der Waals surface area contributed by atoms with Gasteiger partial charge in [0.25, 0.3) is 11.8 Å². The zero-order chi connectivity index (χ0) is 24.0. The molecule has 1 heterocycles. The van der Waals surface area contributed by atoms with E-state index < -0.39 is 30.4 Å². The molecule has 1 atom stereocenters. The van der Waals surface area contributed by atoms with Crippen molar-refractivity contribution in [3.05, 3.63) is 42.0 Å². The molecule has 1 aliphatic heterocycles. The maximum atomic E-state index is 12.7. The number of ether oxygens (including phenoxy) is 5. The van der Waals surface area contributed by atoms with Gasteiger partial charge in [-0.1, -0.05) is 13.8 Å². The van der Waals surface area contributed by atoms with Crippen LogP contribution in [-0.2, 0) is 14.3 Å². The molecule has 176 valence electrons. The lowest BCUT2D eigenvalue weighted by molar-refractivity contribution is -0.150. The molecule has 0 fully saturated rings. The molecule has 3 rings (SSSR count). The highest BCUT2D eigenvalue weighted by molar-refractivity contribution is 5.98. The Labute approximate surface area is 191 Å². The molecule has 2 N–H and O–H groups in total. The summed E-state index contributed by atoms with van der Waals surface area (Å²) in [6, 6.07) is 8.65. The highest BCUT2D eigenvalue weighted by atomic mass is 16.7. The van der Waals surface area contributed by atoms with Crippen molar-refractivity contribution >= 4 is 23.5 Å². The highest BCUT2D eigenvalue weighted by Gasteiger charge is 2.27. The van der Waals surface area contributed by atoms with E-state index in [1.807, 2.05) is 0 Å². The summed E-state index contributed by atoms with van der Waals surface area (Å²) in [5.74, 6) is -0.0851. The molecule has 0 bridgehead atoms. The highest BCUT2D eigenvalue weighted by Crippen LogP contribution is 2.34. The van der Waals surface area contributed by atoms with E-state index in [9.17, 15) is 14.4 Å². The SMILES string of the molecule is COc1cc(OC)cc(C(=O)N[C@@H](C(=O)OCC(=O)Nc2ccc3c(c2)OCO3)C(C)C)c1. The fourth-order valence-corrected chi connectivity index (χ4v) is 3.06. The summed E-state index contributed by atoms with van der Waals surface area (Å²) in [5.41, 5.74) is 0.728. The Morgan fingerprint density at radius 3 is 2.27 bits per heavy atom. The van der Waals surface area contributed by atoms with E-state index in [0.717, 1.165) is 0 Å². The molecule has 0 radical (unpaired) electrons. The van der Waals surface area contributed by atoms with Crippen molar-refractivity contribution in [3.8, 4) is 23.0 Å². The van der Waals surface area contributed by atoms with Gasteiger partial charge in [0.15, 0.2) is 18.1 Å². The number of fused-ring (bicyclic) bond motifs is 1. The first-order valence-corrected chi connectivity index (χ1v) is 10.2. The van der Waals surface area contributed by atoms with Gasteiger partial charge in [0.2, 0.25) is 6.79 Å². The minimum Gasteiger partial charge on any atom is -0.497 e. The molecular formula is C23H26N2O8. The first kappa shape index (κ1) is 23.7. The number of carbonyl (C=O) groups is 3. The Kier molecular flexibility index (Phi) is 7.60. The van der Waals surface area contributed by atoms with Gasteiger partial charge in [-0.2, -0.15) is 0 Å². The topological polar surface area (TPSA) is 121 Å². The standard InChI is InChI=1S/C23H26N2O8/c1-13(2)21(25-22(27)14-7-16(29-3)10-17(8-14)30-4)23(28)31-11-20(26)24-15-5-6-18-19(9-15)33-12-32-18/h5-10,13,21H,11-12H2,1-4H3,(H,24,26)(H,25,27)/t21-/m1/s1. The Hall–Kier alpha value is -3.95. The van der Waals surface area contributed by atoms with Crippen LogP contribution < -0.4 is 29.6 Å². The molecule has 2 aromatic rings. The summed E-state index contributed by atoms with van der Waals surface area (Å²) in [4.78, 5) is 37.6. The number of hydrogen-bond donors (Lipinski definition) is 2. The molecular weight excluding hydrogens is 432 g/mol. The van der Waals surface area contributed by atoms with Gasteiger partial charge in [0, 0.05) is 23.4 Å². The van der Waals surface area contributed by atoms with E-state index in [-0.39, 0.29) is 18.3 Å². The zero-order valence-corrected chi connectivity index (χ0v) is 18.8. The minimum atomic E-state index is -0.965. The number of anilines is 1. The fourth-order valence-electron chi connectivity index (χ4n) is 3.06. The number of amides is 2. The van der Waals surface area contributed by atoms with Gasteiger partial charge in [-0.15, -0.1) is 0 Å². The minimum absolute atomic E-state index is 0.120. The van der Waals surface area contributed by atoms with Crippen molar-refractivity contribution in [2.24, 2.45) is 5.92 Å². The third-order valence-corrected chi connectivity index (χ3v) is 4.82. The third kappa shape index (κ3) is 6.06. The maximum Gasteiger partial charge on any atom is 0.329 e. The summed E-state index contributed by atoms with van der Waals surface area (Å²) in [7, 11) is 2.94. The summed E-state index contributed by atoms with van der Waals surface area (Å²) >= 11 is 0. The lowest BCUT2D eigenvalue weighted by atomic mass is 10.0. The van der Waals surface area contributed by atoms with Gasteiger partial charge < -0.3 is 34.3 Å². The van der Waals surface area contributed by atoms with Crippen LogP contribution in [0.1, 0.15) is 24.2 Å². The van der Waals surface area contributed by atoms with Gasteiger partial charge in [-0.25, -0.2) is 4.79 Å². The molecule has 0 aromatic heterocycles. The molecule has 2 amide bonds. The van der Waals surface area contributed by atoms with Crippen LogP contribution in [0.25, 0.3) is 0 Å². The first-order valence-electron chi connectivity index (χ1n) is 10.2. The van der Waals surface area contributed by atoms with Crippen LogP contribution in [0, 0.1) is 5.92 Å². The molecule has 0 saturated heterocycles. The second-order valence-corrected chi connectivity index (χ2v) is 7.52. The molecule has 0 aliphatic carbocycles. The van der Waals surface area contributed by atoms with Crippen molar-refractivity contribution in [1.29, 1.82) is 0 Å². The van der Waals surface area contributed by atoms with Crippen LogP contribution in [0.2, 0.25) is 0 Å². The number of benzene rings is 2. The molecule has 0 saturated carbocycles. The Bertz CT molecular complexity index is 1010. The third-order valence-electron chi connectivity index (χ3n) is 4.82. The Morgan fingerprint density at radius 2 is 1.64 bits per heavy atom. The second-order valence-electron chi connectivity index (χ2n) is 7.52. The van der Waals surface area contributed by atoms with Gasteiger partial charge in [-0.3, -0.25) is 9.59 Å². The summed E-state index contributed by atoms with van der Waals surface area (Å²) in [6.45, 7) is 3.12. The van der Waals surface area contributed by atoms with E-state index in [1.54, 1.807) is 38.1 Å². The van der Waals surface area contributed by atoms with Crippen molar-refractivity contribution in [1.82, 2.24) is 5.32 Å². The van der Waals surface area contributed by atoms with Crippen LogP contribution in [0.3, 0.4) is 0 Å². The molecule has 2 aromatic carbocycles. The second kappa shape index (κ2) is 10.6. The lowest BCUT2D eigenvalue weighted by Crippen LogP contribution is -2.46. The van der Waals surface area contributed by atoms with Gasteiger partial charge in [0.1, 0.15) is 17.5 Å². The van der Waals surface area contributed by atoms with Crippen molar-refractivity contribution in [3.63, 3.8) is 0 Å². The molecule has 33 heavy (non-hydrogen) atoms. The lowest BCUT2D eigenvalue weighted by Gasteiger charge is -2.21. The van der Waals surface area contributed by atoms with E-state index >= 15 is 0 Å². The molecule has 10 nitrogen and oxygen atoms in total. The number of nitrogens with one attached hydrogen (secondary N) is 2. The average Bonchev–Trinajstić information content (AvgIpc) is 3.28. The fraction of sp³-hybridized carbons (Fsp3) is 0.348. The van der Waals surface area contributed by atoms with E-state index in [0.29, 0.717) is 28.7 Å². The smallest absolute Gasteiger partial charge is 0.329 e. The number of carbonyl (C=O) groups excluding carboxylic acids is 3. The van der Waals surface area contributed by atoms with Crippen molar-refractivity contribution < 1.29 is 38.1 Å². The summed E-state index contributed by atoms with van der Waals surface area (Å²) in [5, 5.41) is 5.27. The van der Waals surface area contributed by atoms with E-state index in [4.69, 9.17) is 23.7 Å². The van der Waals surface area contributed by atoms with Crippen molar-refractivity contribution in [2.45, 2.75) is 19.9 Å². The summed E-state index contributed by atoms with van der Waals surface area (Å²) in [6.07, 6.45) is 0. The van der Waals surface area contributed by atoms with Crippen LogP contribution in [0.5, 0.6) is 23.0 Å². The quantitative estimate of drug-likeness (QED) is 0.550. The molecule has 0 spiro atoms. The normalized spacial score (nSPS) is 12.6. The van der Waals surface area contributed by atoms with Gasteiger partial charge in [-0.05, 0) is 30.2 Å². The summed E-state index contributed by atoms with van der Waals surface area (Å²) < 4.78 is 26.0. The zero-order valence-electron chi connectivity index (χ0n) is 18.8. The van der Waals surface area contributed by atoms with Crippen LogP contribution >= 0.6 is 0 Å². The number of hydrogen-bond acceptors (Lipinski definition) is 8. The van der Waals surface area contributed by atoms with E-state index in [1.165, 1.54) is 26.4 Å². The van der Waals surface area contributed by atoms with Crippen LogP contribution in [0.4, 0.5) is 5.69 Å². The number of methoxy groups -OCH3 is 2. The molecule has 1 aliphatic rings. The molecule has 0 unspecified atom stereocenters. The molecule has 10 heteroatoms.